The number of hydrogen-bond donors (Lipinski definition) is 1. The van der Waals surface area contributed by atoms with Crippen LogP contribution >= 0.6 is 11.3 Å². The molecule has 6 nitrogen and oxygen atoms in total. The van der Waals surface area contributed by atoms with Crippen molar-refractivity contribution in [2.24, 2.45) is 0 Å². The number of nitrogens with one attached hydrogen (secondary N) is 1. The quantitative estimate of drug-likeness (QED) is 0.565. The Morgan fingerprint density at radius 3 is 3.16 bits per heavy atom. The van der Waals surface area contributed by atoms with Crippen molar-refractivity contribution < 1.29 is 0 Å². The van der Waals surface area contributed by atoms with Crippen LogP contribution in [0.1, 0.15) is 5.01 Å². The van der Waals surface area contributed by atoms with E-state index in [2.05, 4.69) is 31.5 Å². The van der Waals surface area contributed by atoms with E-state index in [1.54, 1.807) is 16.9 Å². The third kappa shape index (κ3) is 2.31. The van der Waals surface area contributed by atoms with Gasteiger partial charge in [-0.25, -0.2) is 0 Å². The molecule has 0 unspecified atom stereocenters. The van der Waals surface area contributed by atoms with Crippen molar-refractivity contribution in [2.75, 3.05) is 6.54 Å². The van der Waals surface area contributed by atoms with Crippen LogP contribution in [0, 0.1) is 12.3 Å². The molecule has 0 saturated heterocycles. The number of aromatic nitrogens is 5. The fraction of sp³-hybridized carbons (Fsp3) is 0.167. The third-order valence-corrected chi connectivity index (χ3v) is 3.35. The van der Waals surface area contributed by atoms with E-state index in [9.17, 15) is 0 Å². The summed E-state index contributed by atoms with van der Waals surface area (Å²) >= 11 is 1.49. The molecule has 0 radical (unpaired) electrons. The molecule has 0 amide bonds. The van der Waals surface area contributed by atoms with Crippen molar-refractivity contribution in [1.29, 1.82) is 0 Å². The molecule has 0 aliphatic carbocycles. The first-order valence-electron chi connectivity index (χ1n) is 5.64. The molecule has 0 atom stereocenters. The van der Waals surface area contributed by atoms with Gasteiger partial charge in [0.05, 0.1) is 13.1 Å². The summed E-state index contributed by atoms with van der Waals surface area (Å²) in [6, 6.07) is 3.79. The van der Waals surface area contributed by atoms with Gasteiger partial charge in [-0.15, -0.1) is 16.6 Å². The van der Waals surface area contributed by atoms with E-state index in [1.165, 1.54) is 11.3 Å². The summed E-state index contributed by atoms with van der Waals surface area (Å²) in [5.41, 5.74) is 0.892. The van der Waals surface area contributed by atoms with Gasteiger partial charge in [0.15, 0.2) is 5.82 Å². The number of hydrogen-bond acceptors (Lipinski definition) is 6. The molecule has 0 aliphatic heterocycles. The zero-order valence-corrected chi connectivity index (χ0v) is 10.8. The molecular weight excluding hydrogens is 260 g/mol. The molecular formula is C12H10N6S. The van der Waals surface area contributed by atoms with Crippen LogP contribution in [-0.4, -0.2) is 31.3 Å². The van der Waals surface area contributed by atoms with Crippen molar-refractivity contribution >= 4 is 16.3 Å². The number of pyridine rings is 1. The lowest BCUT2D eigenvalue weighted by atomic mass is 10.3. The van der Waals surface area contributed by atoms with Gasteiger partial charge in [-0.3, -0.25) is 10.3 Å². The summed E-state index contributed by atoms with van der Waals surface area (Å²) in [4.78, 5) is 4.84. The number of rotatable bonds is 4. The SMILES string of the molecule is C#CCNCc1nn2c(-c3cccnc3)nnc2s1. The van der Waals surface area contributed by atoms with E-state index in [1.807, 2.05) is 12.1 Å². The summed E-state index contributed by atoms with van der Waals surface area (Å²) in [7, 11) is 0. The fourth-order valence-corrected chi connectivity index (χ4v) is 2.45. The summed E-state index contributed by atoms with van der Waals surface area (Å²) in [6.45, 7) is 1.15. The van der Waals surface area contributed by atoms with E-state index in [-0.39, 0.29) is 0 Å². The molecule has 0 spiro atoms. The lowest BCUT2D eigenvalue weighted by Gasteiger charge is -1.96. The molecule has 3 aromatic heterocycles. The molecule has 0 aromatic carbocycles. The van der Waals surface area contributed by atoms with Crippen molar-refractivity contribution in [3.8, 4) is 23.7 Å². The van der Waals surface area contributed by atoms with Gasteiger partial charge in [0, 0.05) is 18.0 Å². The van der Waals surface area contributed by atoms with E-state index >= 15 is 0 Å². The Hall–Kier alpha value is -2.30. The van der Waals surface area contributed by atoms with E-state index in [0.717, 1.165) is 15.5 Å². The van der Waals surface area contributed by atoms with Crippen molar-refractivity contribution in [3.05, 3.63) is 29.5 Å². The molecule has 3 rings (SSSR count). The molecule has 7 heteroatoms. The van der Waals surface area contributed by atoms with E-state index in [4.69, 9.17) is 6.42 Å². The Kier molecular flexibility index (Phi) is 3.18. The van der Waals surface area contributed by atoms with Crippen molar-refractivity contribution in [2.45, 2.75) is 6.54 Å². The maximum Gasteiger partial charge on any atom is 0.235 e. The smallest absolute Gasteiger partial charge is 0.235 e. The largest absolute Gasteiger partial charge is 0.300 e. The molecule has 94 valence electrons. The summed E-state index contributed by atoms with van der Waals surface area (Å²) in [6.07, 6.45) is 8.65. The van der Waals surface area contributed by atoms with Crippen LogP contribution < -0.4 is 5.32 Å². The van der Waals surface area contributed by atoms with Crippen LogP contribution in [0.5, 0.6) is 0 Å². The van der Waals surface area contributed by atoms with Gasteiger partial charge in [-0.2, -0.15) is 9.61 Å². The predicted molar refractivity (Wildman–Crippen MR) is 72.4 cm³/mol. The van der Waals surface area contributed by atoms with Crippen molar-refractivity contribution in [3.63, 3.8) is 0 Å². The first-order valence-corrected chi connectivity index (χ1v) is 6.46. The van der Waals surface area contributed by atoms with Gasteiger partial charge in [0.2, 0.25) is 4.96 Å². The highest BCUT2D eigenvalue weighted by atomic mass is 32.1. The predicted octanol–water partition coefficient (Wildman–Crippen LogP) is 0.971. The lowest BCUT2D eigenvalue weighted by Crippen LogP contribution is -2.13. The minimum absolute atomic E-state index is 0.523. The molecule has 0 fully saturated rings. The van der Waals surface area contributed by atoms with Gasteiger partial charge < -0.3 is 0 Å². The molecule has 3 heterocycles. The van der Waals surface area contributed by atoms with Crippen LogP contribution in [0.4, 0.5) is 0 Å². The topological polar surface area (TPSA) is 68.0 Å². The molecule has 0 saturated carbocycles. The highest BCUT2D eigenvalue weighted by molar-refractivity contribution is 7.16. The molecule has 19 heavy (non-hydrogen) atoms. The Morgan fingerprint density at radius 2 is 2.37 bits per heavy atom. The Balaban J connectivity index is 1.93. The Labute approximate surface area is 113 Å². The zero-order chi connectivity index (χ0) is 13.1. The van der Waals surface area contributed by atoms with E-state index in [0.29, 0.717) is 18.9 Å². The van der Waals surface area contributed by atoms with Crippen LogP contribution in [0.3, 0.4) is 0 Å². The second-order valence-corrected chi connectivity index (χ2v) is 4.80. The van der Waals surface area contributed by atoms with E-state index < -0.39 is 0 Å². The monoisotopic (exact) mass is 270 g/mol. The summed E-state index contributed by atoms with van der Waals surface area (Å²) in [5.74, 6) is 3.22. The zero-order valence-electron chi connectivity index (χ0n) is 9.95. The second-order valence-electron chi connectivity index (χ2n) is 3.76. The average molecular weight is 270 g/mol. The second kappa shape index (κ2) is 5.14. The standard InChI is InChI=1S/C12H10N6S/c1-2-5-13-8-10-17-18-11(15-16-12(18)19-10)9-4-3-6-14-7-9/h1,3-4,6-7,13H,5,8H2. The normalized spacial score (nSPS) is 10.7. The number of fused-ring (bicyclic) bond motifs is 1. The van der Waals surface area contributed by atoms with Crippen LogP contribution in [0.25, 0.3) is 16.3 Å². The molecule has 0 aliphatic rings. The van der Waals surface area contributed by atoms with Crippen LogP contribution in [0.2, 0.25) is 0 Å². The third-order valence-electron chi connectivity index (χ3n) is 2.46. The minimum Gasteiger partial charge on any atom is -0.300 e. The highest BCUT2D eigenvalue weighted by Crippen LogP contribution is 2.20. The number of nitrogens with zero attached hydrogens (tertiary/aromatic N) is 5. The minimum atomic E-state index is 0.523. The van der Waals surface area contributed by atoms with Crippen LogP contribution in [-0.2, 0) is 6.54 Å². The lowest BCUT2D eigenvalue weighted by molar-refractivity contribution is 0.745. The Morgan fingerprint density at radius 1 is 1.42 bits per heavy atom. The molecule has 3 aromatic rings. The Bertz CT molecular complexity index is 724. The molecule has 0 bridgehead atoms. The number of terminal acetylenes is 1. The van der Waals surface area contributed by atoms with Gasteiger partial charge in [0.25, 0.3) is 0 Å². The molecule has 1 N–H and O–H groups in total. The van der Waals surface area contributed by atoms with Gasteiger partial charge in [0.1, 0.15) is 5.01 Å². The summed E-state index contributed by atoms with van der Waals surface area (Å²) in [5, 5.41) is 16.7. The van der Waals surface area contributed by atoms with Crippen LogP contribution in [0.15, 0.2) is 24.5 Å². The van der Waals surface area contributed by atoms with Gasteiger partial charge >= 0.3 is 0 Å². The highest BCUT2D eigenvalue weighted by Gasteiger charge is 2.12. The maximum atomic E-state index is 5.18. The fourth-order valence-electron chi connectivity index (χ4n) is 1.64. The van der Waals surface area contributed by atoms with Gasteiger partial charge in [-0.1, -0.05) is 17.3 Å². The first-order chi connectivity index (χ1) is 9.38. The average Bonchev–Trinajstić information content (AvgIpc) is 3.00. The van der Waals surface area contributed by atoms with Gasteiger partial charge in [-0.05, 0) is 12.1 Å². The summed E-state index contributed by atoms with van der Waals surface area (Å²) < 4.78 is 1.73. The van der Waals surface area contributed by atoms with Crippen molar-refractivity contribution in [1.82, 2.24) is 30.1 Å². The maximum absolute atomic E-state index is 5.18. The first kappa shape index (κ1) is 11.8.